The van der Waals surface area contributed by atoms with Crippen LogP contribution in [-0.4, -0.2) is 22.8 Å². The van der Waals surface area contributed by atoms with Crippen molar-refractivity contribution in [2.24, 2.45) is 0 Å². The smallest absolute Gasteiger partial charge is 0.182 e. The summed E-state index contributed by atoms with van der Waals surface area (Å²) >= 11 is 5.92. The lowest BCUT2D eigenvalue weighted by Gasteiger charge is -2.11. The van der Waals surface area contributed by atoms with Crippen LogP contribution < -0.4 is 4.74 Å². The van der Waals surface area contributed by atoms with E-state index in [0.29, 0.717) is 12.1 Å². The molecule has 0 aliphatic rings. The van der Waals surface area contributed by atoms with E-state index in [0.717, 1.165) is 22.7 Å². The molecule has 112 valence electrons. The number of benzene rings is 1. The van der Waals surface area contributed by atoms with Gasteiger partial charge >= 0.3 is 0 Å². The van der Waals surface area contributed by atoms with Gasteiger partial charge in [-0.2, -0.15) is 0 Å². The molecule has 21 heavy (non-hydrogen) atoms. The maximum absolute atomic E-state index is 12.1. The molecule has 0 amide bonds. The SMILES string of the molecule is COc1cccc(Cn2c(C)cc(C(=O)C(C)Cl)c2C)c1. The van der Waals surface area contributed by atoms with Gasteiger partial charge in [-0.1, -0.05) is 12.1 Å². The van der Waals surface area contributed by atoms with Crippen molar-refractivity contribution in [2.45, 2.75) is 32.7 Å². The molecular formula is C17H20ClNO2. The van der Waals surface area contributed by atoms with Crippen LogP contribution in [0.15, 0.2) is 30.3 Å². The number of hydrogen-bond acceptors (Lipinski definition) is 2. The summed E-state index contributed by atoms with van der Waals surface area (Å²) in [5.74, 6) is 0.808. The van der Waals surface area contributed by atoms with Crippen molar-refractivity contribution in [3.05, 3.63) is 52.8 Å². The molecule has 3 nitrogen and oxygen atoms in total. The van der Waals surface area contributed by atoms with Crippen LogP contribution in [0.5, 0.6) is 5.75 Å². The molecular weight excluding hydrogens is 286 g/mol. The van der Waals surface area contributed by atoms with E-state index in [-0.39, 0.29) is 5.78 Å². The van der Waals surface area contributed by atoms with E-state index in [1.165, 1.54) is 0 Å². The first kappa shape index (κ1) is 15.6. The Kier molecular flexibility index (Phi) is 4.73. The lowest BCUT2D eigenvalue weighted by atomic mass is 10.1. The van der Waals surface area contributed by atoms with Gasteiger partial charge in [-0.15, -0.1) is 11.6 Å². The molecule has 0 N–H and O–H groups in total. The van der Waals surface area contributed by atoms with Gasteiger partial charge in [-0.05, 0) is 44.5 Å². The summed E-state index contributed by atoms with van der Waals surface area (Å²) in [7, 11) is 1.66. The average molecular weight is 306 g/mol. The van der Waals surface area contributed by atoms with Crippen molar-refractivity contribution < 1.29 is 9.53 Å². The van der Waals surface area contributed by atoms with Crippen LogP contribution in [0.2, 0.25) is 0 Å². The Balaban J connectivity index is 2.34. The van der Waals surface area contributed by atoms with Gasteiger partial charge in [0, 0.05) is 23.5 Å². The predicted octanol–water partition coefficient (Wildman–Crippen LogP) is 3.97. The molecule has 1 aromatic heterocycles. The van der Waals surface area contributed by atoms with Crippen LogP contribution in [0, 0.1) is 13.8 Å². The van der Waals surface area contributed by atoms with E-state index in [1.807, 2.05) is 44.2 Å². The van der Waals surface area contributed by atoms with E-state index in [1.54, 1.807) is 14.0 Å². The fourth-order valence-corrected chi connectivity index (χ4v) is 2.58. The largest absolute Gasteiger partial charge is 0.497 e. The van der Waals surface area contributed by atoms with Gasteiger partial charge in [0.05, 0.1) is 12.5 Å². The molecule has 4 heteroatoms. The van der Waals surface area contributed by atoms with Crippen molar-refractivity contribution in [3.63, 3.8) is 0 Å². The molecule has 2 aromatic rings. The second kappa shape index (κ2) is 6.35. The average Bonchev–Trinajstić information content (AvgIpc) is 2.74. The molecule has 0 bridgehead atoms. The van der Waals surface area contributed by atoms with Crippen molar-refractivity contribution in [1.82, 2.24) is 4.57 Å². The van der Waals surface area contributed by atoms with Gasteiger partial charge in [-0.3, -0.25) is 4.79 Å². The number of ether oxygens (including phenoxy) is 1. The summed E-state index contributed by atoms with van der Waals surface area (Å²) in [5.41, 5.74) is 3.84. The highest BCUT2D eigenvalue weighted by atomic mass is 35.5. The predicted molar refractivity (Wildman–Crippen MR) is 85.6 cm³/mol. The van der Waals surface area contributed by atoms with Crippen LogP contribution in [0.3, 0.4) is 0 Å². The van der Waals surface area contributed by atoms with Crippen LogP contribution in [0.4, 0.5) is 0 Å². The number of carbonyl (C=O) groups is 1. The summed E-state index contributed by atoms with van der Waals surface area (Å²) in [6.45, 7) is 6.37. The summed E-state index contributed by atoms with van der Waals surface area (Å²) in [4.78, 5) is 12.1. The topological polar surface area (TPSA) is 31.2 Å². The Labute approximate surface area is 130 Å². The second-order valence-electron chi connectivity index (χ2n) is 5.20. The van der Waals surface area contributed by atoms with E-state index in [4.69, 9.17) is 16.3 Å². The third-order valence-electron chi connectivity index (χ3n) is 3.68. The lowest BCUT2D eigenvalue weighted by molar-refractivity contribution is 0.0991. The number of carbonyl (C=O) groups excluding carboxylic acids is 1. The Hall–Kier alpha value is -1.74. The number of hydrogen-bond donors (Lipinski definition) is 0. The third kappa shape index (κ3) is 3.30. The molecule has 0 saturated heterocycles. The molecule has 0 spiro atoms. The number of Topliss-reactive ketones (excluding diaryl/α,β-unsaturated/α-hetero) is 1. The van der Waals surface area contributed by atoms with Crippen LogP contribution in [-0.2, 0) is 6.54 Å². The quantitative estimate of drug-likeness (QED) is 0.618. The second-order valence-corrected chi connectivity index (χ2v) is 5.86. The number of methoxy groups -OCH3 is 1. The first-order valence-electron chi connectivity index (χ1n) is 6.92. The zero-order chi connectivity index (χ0) is 15.6. The molecule has 1 heterocycles. The lowest BCUT2D eigenvalue weighted by Crippen LogP contribution is -2.12. The van der Waals surface area contributed by atoms with E-state index in [2.05, 4.69) is 4.57 Å². The minimum atomic E-state index is -0.504. The van der Waals surface area contributed by atoms with E-state index < -0.39 is 5.38 Å². The highest BCUT2D eigenvalue weighted by Crippen LogP contribution is 2.21. The molecule has 0 aliphatic carbocycles. The van der Waals surface area contributed by atoms with Crippen LogP contribution >= 0.6 is 11.6 Å². The van der Waals surface area contributed by atoms with Gasteiger partial charge < -0.3 is 9.30 Å². The van der Waals surface area contributed by atoms with Gasteiger partial charge in [-0.25, -0.2) is 0 Å². The van der Waals surface area contributed by atoms with Crippen LogP contribution in [0.25, 0.3) is 0 Å². The number of alkyl halides is 1. The number of aromatic nitrogens is 1. The zero-order valence-electron chi connectivity index (χ0n) is 12.8. The molecule has 0 radical (unpaired) electrons. The summed E-state index contributed by atoms with van der Waals surface area (Å²) in [6, 6.07) is 9.85. The zero-order valence-corrected chi connectivity index (χ0v) is 13.6. The molecule has 1 atom stereocenters. The number of nitrogens with zero attached hydrogens (tertiary/aromatic N) is 1. The number of halogens is 1. The highest BCUT2D eigenvalue weighted by Gasteiger charge is 2.19. The number of ketones is 1. The monoisotopic (exact) mass is 305 g/mol. The summed E-state index contributed by atoms with van der Waals surface area (Å²) < 4.78 is 7.37. The van der Waals surface area contributed by atoms with Crippen molar-refractivity contribution in [3.8, 4) is 5.75 Å². The first-order chi connectivity index (χ1) is 9.93. The number of aryl methyl sites for hydroxylation is 1. The minimum Gasteiger partial charge on any atom is -0.497 e. The van der Waals surface area contributed by atoms with Gasteiger partial charge in [0.2, 0.25) is 0 Å². The summed E-state index contributed by atoms with van der Waals surface area (Å²) in [6.07, 6.45) is 0. The van der Waals surface area contributed by atoms with Crippen molar-refractivity contribution >= 4 is 17.4 Å². The standard InChI is InChI=1S/C17H20ClNO2/c1-11-8-16(17(20)12(2)18)13(3)19(11)10-14-6-5-7-15(9-14)21-4/h5-9,12H,10H2,1-4H3. The fraction of sp³-hybridized carbons (Fsp3) is 0.353. The summed E-state index contributed by atoms with van der Waals surface area (Å²) in [5, 5.41) is -0.504. The van der Waals surface area contributed by atoms with E-state index in [9.17, 15) is 4.79 Å². The Morgan fingerprint density at radius 3 is 2.67 bits per heavy atom. The molecule has 1 aromatic carbocycles. The molecule has 0 aliphatic heterocycles. The maximum Gasteiger partial charge on any atom is 0.182 e. The van der Waals surface area contributed by atoms with Gasteiger partial charge in [0.15, 0.2) is 5.78 Å². The third-order valence-corrected chi connectivity index (χ3v) is 3.87. The van der Waals surface area contributed by atoms with E-state index >= 15 is 0 Å². The van der Waals surface area contributed by atoms with Crippen molar-refractivity contribution in [1.29, 1.82) is 0 Å². The minimum absolute atomic E-state index is 0.0262. The molecule has 0 saturated carbocycles. The Morgan fingerprint density at radius 1 is 1.33 bits per heavy atom. The van der Waals surface area contributed by atoms with Gasteiger partial charge in [0.1, 0.15) is 5.75 Å². The molecule has 0 fully saturated rings. The maximum atomic E-state index is 12.1. The molecule has 2 rings (SSSR count). The number of rotatable bonds is 5. The Morgan fingerprint density at radius 2 is 2.05 bits per heavy atom. The normalized spacial score (nSPS) is 12.2. The van der Waals surface area contributed by atoms with Crippen molar-refractivity contribution in [2.75, 3.05) is 7.11 Å². The highest BCUT2D eigenvalue weighted by molar-refractivity contribution is 6.33. The van der Waals surface area contributed by atoms with Crippen LogP contribution in [0.1, 0.15) is 34.2 Å². The Bertz CT molecular complexity index is 659. The fourth-order valence-electron chi connectivity index (χ4n) is 2.46. The molecule has 1 unspecified atom stereocenters. The van der Waals surface area contributed by atoms with Gasteiger partial charge in [0.25, 0.3) is 0 Å². The first-order valence-corrected chi connectivity index (χ1v) is 7.35.